The third-order valence-electron chi connectivity index (χ3n) is 2.53. The summed E-state index contributed by atoms with van der Waals surface area (Å²) in [6, 6.07) is 0. The van der Waals surface area contributed by atoms with Gasteiger partial charge >= 0.3 is 5.97 Å². The maximum atomic E-state index is 11.5. The molecule has 0 aliphatic carbocycles. The molecule has 0 rings (SSSR count). The molecule has 0 aliphatic heterocycles. The van der Waals surface area contributed by atoms with Crippen molar-refractivity contribution in [3.05, 3.63) is 0 Å². The molecule has 4 N–H and O–H groups in total. The molecule has 100 valence electrons. The molecule has 0 aromatic rings. The third-order valence-corrected chi connectivity index (χ3v) is 2.53. The first-order chi connectivity index (χ1) is 7.76. The van der Waals surface area contributed by atoms with Crippen molar-refractivity contribution in [2.24, 2.45) is 11.7 Å². The van der Waals surface area contributed by atoms with Gasteiger partial charge in [-0.1, -0.05) is 13.3 Å². The number of carbonyl (C=O) groups is 2. The Kier molecular flexibility index (Phi) is 6.80. The summed E-state index contributed by atoms with van der Waals surface area (Å²) in [4.78, 5) is 22.3. The van der Waals surface area contributed by atoms with Crippen LogP contribution in [0.1, 0.15) is 46.5 Å². The number of carboxylic acids is 1. The van der Waals surface area contributed by atoms with E-state index in [1.54, 1.807) is 0 Å². The third kappa shape index (κ3) is 8.68. The van der Waals surface area contributed by atoms with Gasteiger partial charge in [-0.2, -0.15) is 0 Å². The molecule has 0 bridgehead atoms. The van der Waals surface area contributed by atoms with Crippen LogP contribution in [0, 0.1) is 5.92 Å². The van der Waals surface area contributed by atoms with Gasteiger partial charge in [0.25, 0.3) is 0 Å². The summed E-state index contributed by atoms with van der Waals surface area (Å²) in [5.74, 6) is -1.48. The minimum Gasteiger partial charge on any atom is -0.481 e. The lowest BCUT2D eigenvalue weighted by molar-refractivity contribution is -0.141. The smallest absolute Gasteiger partial charge is 0.308 e. The SMILES string of the molecule is CCCC(CNC(=O)CCC(C)(C)N)C(=O)O. The van der Waals surface area contributed by atoms with Crippen molar-refractivity contribution < 1.29 is 14.7 Å². The average Bonchev–Trinajstić information content (AvgIpc) is 2.19. The van der Waals surface area contributed by atoms with Gasteiger partial charge in [-0.3, -0.25) is 9.59 Å². The van der Waals surface area contributed by atoms with Crippen molar-refractivity contribution in [1.82, 2.24) is 5.32 Å². The van der Waals surface area contributed by atoms with Gasteiger partial charge in [0.2, 0.25) is 5.91 Å². The molecule has 0 radical (unpaired) electrons. The molecule has 0 saturated carbocycles. The van der Waals surface area contributed by atoms with E-state index in [0.717, 1.165) is 6.42 Å². The van der Waals surface area contributed by atoms with Crippen LogP contribution >= 0.6 is 0 Å². The minimum absolute atomic E-state index is 0.133. The molecule has 0 saturated heterocycles. The van der Waals surface area contributed by atoms with Crippen LogP contribution in [-0.2, 0) is 9.59 Å². The van der Waals surface area contributed by atoms with Crippen molar-refractivity contribution in [3.8, 4) is 0 Å². The van der Waals surface area contributed by atoms with E-state index in [1.165, 1.54) is 0 Å². The molecule has 1 atom stereocenters. The fourth-order valence-corrected chi connectivity index (χ4v) is 1.42. The molecule has 5 nitrogen and oxygen atoms in total. The van der Waals surface area contributed by atoms with Crippen LogP contribution in [-0.4, -0.2) is 29.1 Å². The predicted molar refractivity (Wildman–Crippen MR) is 66.5 cm³/mol. The summed E-state index contributed by atoms with van der Waals surface area (Å²) >= 11 is 0. The summed E-state index contributed by atoms with van der Waals surface area (Å²) in [7, 11) is 0. The molecule has 0 heterocycles. The molecule has 0 aromatic heterocycles. The Morgan fingerprint density at radius 1 is 1.41 bits per heavy atom. The van der Waals surface area contributed by atoms with E-state index in [1.807, 2.05) is 20.8 Å². The second kappa shape index (κ2) is 7.27. The van der Waals surface area contributed by atoms with Gasteiger partial charge in [0, 0.05) is 18.5 Å². The number of hydrogen-bond acceptors (Lipinski definition) is 3. The van der Waals surface area contributed by atoms with Crippen LogP contribution in [0.5, 0.6) is 0 Å². The molecule has 0 aromatic carbocycles. The largest absolute Gasteiger partial charge is 0.481 e. The first kappa shape index (κ1) is 15.9. The van der Waals surface area contributed by atoms with Gasteiger partial charge in [-0.15, -0.1) is 0 Å². The number of aliphatic carboxylic acids is 1. The summed E-state index contributed by atoms with van der Waals surface area (Å²) in [5, 5.41) is 11.6. The Balaban J connectivity index is 3.92. The first-order valence-corrected chi connectivity index (χ1v) is 6.04. The average molecular weight is 244 g/mol. The summed E-state index contributed by atoms with van der Waals surface area (Å²) in [5.41, 5.74) is 5.39. The van der Waals surface area contributed by atoms with Crippen LogP contribution < -0.4 is 11.1 Å². The van der Waals surface area contributed by atoms with Gasteiger partial charge < -0.3 is 16.2 Å². The number of nitrogens with two attached hydrogens (primary N) is 1. The molecule has 1 amide bonds. The van der Waals surface area contributed by atoms with Crippen molar-refractivity contribution in [2.75, 3.05) is 6.54 Å². The van der Waals surface area contributed by atoms with E-state index in [-0.39, 0.29) is 18.0 Å². The molecular formula is C12H24N2O3. The van der Waals surface area contributed by atoms with Crippen molar-refractivity contribution in [2.45, 2.75) is 52.0 Å². The zero-order valence-electron chi connectivity index (χ0n) is 11.0. The number of nitrogens with one attached hydrogen (secondary N) is 1. The second-order valence-electron chi connectivity index (χ2n) is 5.12. The van der Waals surface area contributed by atoms with Gasteiger partial charge in [-0.05, 0) is 26.7 Å². The van der Waals surface area contributed by atoms with Crippen molar-refractivity contribution >= 4 is 11.9 Å². The fourth-order valence-electron chi connectivity index (χ4n) is 1.42. The van der Waals surface area contributed by atoms with Crippen LogP contribution in [0.3, 0.4) is 0 Å². The Morgan fingerprint density at radius 2 is 2.00 bits per heavy atom. The molecule has 0 spiro atoms. The lowest BCUT2D eigenvalue weighted by atomic mass is 9.99. The highest BCUT2D eigenvalue weighted by molar-refractivity contribution is 5.77. The lowest BCUT2D eigenvalue weighted by Gasteiger charge is -2.18. The normalized spacial score (nSPS) is 13.2. The lowest BCUT2D eigenvalue weighted by Crippen LogP contribution is -2.36. The predicted octanol–water partition coefficient (Wildman–Crippen LogP) is 1.12. The van der Waals surface area contributed by atoms with Crippen LogP contribution in [0.15, 0.2) is 0 Å². The zero-order chi connectivity index (χ0) is 13.5. The van der Waals surface area contributed by atoms with E-state index < -0.39 is 11.9 Å². The quantitative estimate of drug-likeness (QED) is 0.596. The Hall–Kier alpha value is -1.10. The van der Waals surface area contributed by atoms with Crippen molar-refractivity contribution in [1.29, 1.82) is 0 Å². The van der Waals surface area contributed by atoms with Crippen LogP contribution in [0.2, 0.25) is 0 Å². The highest BCUT2D eigenvalue weighted by Gasteiger charge is 2.18. The van der Waals surface area contributed by atoms with Crippen LogP contribution in [0.4, 0.5) is 0 Å². The van der Waals surface area contributed by atoms with E-state index in [2.05, 4.69) is 5.32 Å². The molecular weight excluding hydrogens is 220 g/mol. The van der Waals surface area contributed by atoms with Gasteiger partial charge in [0.15, 0.2) is 0 Å². The topological polar surface area (TPSA) is 92.4 Å². The van der Waals surface area contributed by atoms with E-state index in [9.17, 15) is 9.59 Å². The minimum atomic E-state index is -0.855. The van der Waals surface area contributed by atoms with E-state index in [4.69, 9.17) is 10.8 Å². The summed E-state index contributed by atoms with van der Waals surface area (Å²) in [6.45, 7) is 5.84. The highest BCUT2D eigenvalue weighted by atomic mass is 16.4. The zero-order valence-corrected chi connectivity index (χ0v) is 11.0. The fraction of sp³-hybridized carbons (Fsp3) is 0.833. The first-order valence-electron chi connectivity index (χ1n) is 6.04. The number of rotatable bonds is 8. The Labute approximate surface area is 103 Å². The molecule has 0 aliphatic rings. The molecule has 5 heteroatoms. The molecule has 1 unspecified atom stereocenters. The highest BCUT2D eigenvalue weighted by Crippen LogP contribution is 2.08. The Morgan fingerprint density at radius 3 is 2.41 bits per heavy atom. The second-order valence-corrected chi connectivity index (χ2v) is 5.12. The summed E-state index contributed by atoms with van der Waals surface area (Å²) in [6.07, 6.45) is 2.30. The summed E-state index contributed by atoms with van der Waals surface area (Å²) < 4.78 is 0. The van der Waals surface area contributed by atoms with Gasteiger partial charge in [-0.25, -0.2) is 0 Å². The molecule has 0 fully saturated rings. The maximum Gasteiger partial charge on any atom is 0.308 e. The Bertz CT molecular complexity index is 259. The van der Waals surface area contributed by atoms with Crippen molar-refractivity contribution in [3.63, 3.8) is 0 Å². The maximum absolute atomic E-state index is 11.5. The van der Waals surface area contributed by atoms with Gasteiger partial charge in [0.1, 0.15) is 0 Å². The van der Waals surface area contributed by atoms with Gasteiger partial charge in [0.05, 0.1) is 5.92 Å². The number of amides is 1. The molecule has 17 heavy (non-hydrogen) atoms. The number of carbonyl (C=O) groups excluding carboxylic acids is 1. The monoisotopic (exact) mass is 244 g/mol. The number of carboxylic acid groups (broad SMARTS) is 1. The number of hydrogen-bond donors (Lipinski definition) is 3. The van der Waals surface area contributed by atoms with Crippen LogP contribution in [0.25, 0.3) is 0 Å². The van der Waals surface area contributed by atoms with E-state index in [0.29, 0.717) is 19.3 Å². The van der Waals surface area contributed by atoms with E-state index >= 15 is 0 Å². The standard InChI is InChI=1S/C12H24N2O3/c1-4-5-9(11(16)17)8-14-10(15)6-7-12(2,3)13/h9H,4-8,13H2,1-3H3,(H,14,15)(H,16,17).